The van der Waals surface area contributed by atoms with Gasteiger partial charge in [-0.15, -0.1) is 5.06 Å². The molecule has 2 N–H and O–H groups in total. The van der Waals surface area contributed by atoms with Gasteiger partial charge in [0.2, 0.25) is 5.91 Å². The van der Waals surface area contributed by atoms with E-state index in [0.717, 1.165) is 0 Å². The Bertz CT molecular complexity index is 450. The lowest BCUT2D eigenvalue weighted by atomic mass is 10.1. The first-order valence-electron chi connectivity index (χ1n) is 6.53. The topological polar surface area (TPSA) is 102 Å². The Labute approximate surface area is 115 Å². The van der Waals surface area contributed by atoms with E-state index >= 15 is 0 Å². The molecule has 110 valence electrons. The van der Waals surface area contributed by atoms with Gasteiger partial charge in [0.1, 0.15) is 12.1 Å². The third kappa shape index (κ3) is 1.94. The molecule has 2 unspecified atom stereocenters. The maximum absolute atomic E-state index is 12.5. The second kappa shape index (κ2) is 5.00. The number of hydrogen-bond donors (Lipinski definition) is 2. The zero-order chi connectivity index (χ0) is 14.3. The van der Waals surface area contributed by atoms with Crippen LogP contribution in [0.2, 0.25) is 0 Å². The number of carbonyl (C=O) groups excluding carboxylic acids is 3. The number of morpholine rings is 1. The van der Waals surface area contributed by atoms with E-state index in [1.807, 2.05) is 0 Å². The summed E-state index contributed by atoms with van der Waals surface area (Å²) in [6.07, 6.45) is 0. The van der Waals surface area contributed by atoms with Gasteiger partial charge < -0.3 is 15.0 Å². The minimum absolute atomic E-state index is 0.0945. The van der Waals surface area contributed by atoms with Crippen LogP contribution in [0.5, 0.6) is 0 Å². The Morgan fingerprint density at radius 1 is 1.25 bits per heavy atom. The second-order valence-electron chi connectivity index (χ2n) is 4.97. The van der Waals surface area contributed by atoms with Crippen molar-refractivity contribution in [2.24, 2.45) is 0 Å². The number of imide groups is 1. The predicted molar refractivity (Wildman–Crippen MR) is 63.7 cm³/mol. The Balaban J connectivity index is 1.80. The van der Waals surface area contributed by atoms with E-state index in [0.29, 0.717) is 26.3 Å². The predicted octanol–water partition coefficient (Wildman–Crippen LogP) is -2.16. The number of ether oxygens (including phenoxy) is 1. The van der Waals surface area contributed by atoms with Crippen molar-refractivity contribution in [3.63, 3.8) is 0 Å². The Morgan fingerprint density at radius 3 is 2.65 bits per heavy atom. The molecule has 3 aliphatic rings. The summed E-state index contributed by atoms with van der Waals surface area (Å²) in [5, 5.41) is 12.5. The van der Waals surface area contributed by atoms with Gasteiger partial charge in [-0.3, -0.25) is 19.7 Å². The molecule has 3 fully saturated rings. The van der Waals surface area contributed by atoms with Gasteiger partial charge in [-0.05, 0) is 0 Å². The monoisotopic (exact) mass is 284 g/mol. The highest BCUT2D eigenvalue weighted by molar-refractivity contribution is 6.05. The smallest absolute Gasteiger partial charge is 0.352 e. The summed E-state index contributed by atoms with van der Waals surface area (Å²) >= 11 is 0. The molecule has 3 aliphatic heterocycles. The molecule has 20 heavy (non-hydrogen) atoms. The first kappa shape index (κ1) is 13.3. The summed E-state index contributed by atoms with van der Waals surface area (Å²) in [4.78, 5) is 38.9. The van der Waals surface area contributed by atoms with Crippen LogP contribution in [0.4, 0.5) is 4.79 Å². The molecule has 0 aromatic heterocycles. The van der Waals surface area contributed by atoms with Crippen LogP contribution in [0.15, 0.2) is 0 Å². The summed E-state index contributed by atoms with van der Waals surface area (Å²) in [6.45, 7) is 2.40. The third-order valence-electron chi connectivity index (χ3n) is 3.85. The Kier molecular flexibility index (Phi) is 3.32. The zero-order valence-corrected chi connectivity index (χ0v) is 10.8. The van der Waals surface area contributed by atoms with E-state index in [2.05, 4.69) is 5.32 Å². The van der Waals surface area contributed by atoms with Crippen molar-refractivity contribution in [1.29, 1.82) is 0 Å². The van der Waals surface area contributed by atoms with E-state index in [1.54, 1.807) is 4.90 Å². The molecule has 9 heteroatoms. The van der Waals surface area contributed by atoms with E-state index in [1.165, 1.54) is 4.90 Å². The second-order valence-corrected chi connectivity index (χ2v) is 4.97. The molecule has 9 nitrogen and oxygen atoms in total. The molecule has 2 atom stereocenters. The van der Waals surface area contributed by atoms with Crippen LogP contribution in [0.3, 0.4) is 0 Å². The van der Waals surface area contributed by atoms with Gasteiger partial charge in [0.15, 0.2) is 0 Å². The molecular formula is C11H16N4O5. The van der Waals surface area contributed by atoms with Crippen LogP contribution in [-0.2, 0) is 14.3 Å². The minimum atomic E-state index is -0.826. The number of rotatable bonds is 1. The Hall–Kier alpha value is -1.71. The van der Waals surface area contributed by atoms with Gasteiger partial charge in [-0.25, -0.2) is 4.79 Å². The third-order valence-corrected chi connectivity index (χ3v) is 3.85. The van der Waals surface area contributed by atoms with Gasteiger partial charge in [0, 0.05) is 26.2 Å². The summed E-state index contributed by atoms with van der Waals surface area (Å²) < 4.78 is 5.19. The number of urea groups is 1. The van der Waals surface area contributed by atoms with Crippen molar-refractivity contribution < 1.29 is 24.3 Å². The highest BCUT2D eigenvalue weighted by Crippen LogP contribution is 2.22. The minimum Gasteiger partial charge on any atom is -0.378 e. The maximum Gasteiger partial charge on any atom is 0.352 e. The normalized spacial score (nSPS) is 30.8. The van der Waals surface area contributed by atoms with Gasteiger partial charge in [0.05, 0.1) is 13.2 Å². The number of fused-ring (bicyclic) bond motifs is 1. The highest BCUT2D eigenvalue weighted by atomic mass is 16.5. The van der Waals surface area contributed by atoms with Crippen LogP contribution < -0.4 is 5.32 Å². The number of carbonyl (C=O) groups is 3. The van der Waals surface area contributed by atoms with Crippen molar-refractivity contribution in [3.05, 3.63) is 0 Å². The van der Waals surface area contributed by atoms with E-state index < -0.39 is 24.0 Å². The number of piperazine rings is 1. The summed E-state index contributed by atoms with van der Waals surface area (Å²) in [5.74, 6) is -0.913. The molecule has 3 saturated heterocycles. The fourth-order valence-corrected chi connectivity index (χ4v) is 2.79. The summed E-state index contributed by atoms with van der Waals surface area (Å²) in [7, 11) is 0. The molecule has 0 aliphatic carbocycles. The molecule has 0 saturated carbocycles. The summed E-state index contributed by atoms with van der Waals surface area (Å²) in [6, 6.07) is -2.40. The average molecular weight is 284 g/mol. The van der Waals surface area contributed by atoms with Crippen LogP contribution >= 0.6 is 0 Å². The molecule has 0 bridgehead atoms. The highest BCUT2D eigenvalue weighted by Gasteiger charge is 2.52. The summed E-state index contributed by atoms with van der Waals surface area (Å²) in [5.41, 5.74) is 0. The molecule has 0 aromatic rings. The van der Waals surface area contributed by atoms with Gasteiger partial charge in [-0.2, -0.15) is 0 Å². The lowest BCUT2D eigenvalue weighted by Gasteiger charge is -2.38. The van der Waals surface area contributed by atoms with Crippen molar-refractivity contribution in [2.75, 3.05) is 39.4 Å². The van der Waals surface area contributed by atoms with E-state index in [-0.39, 0.29) is 24.1 Å². The quantitative estimate of drug-likeness (QED) is 0.420. The molecule has 3 rings (SSSR count). The number of amides is 4. The molecule has 3 heterocycles. The lowest BCUT2D eigenvalue weighted by molar-refractivity contribution is -0.149. The Morgan fingerprint density at radius 2 is 1.95 bits per heavy atom. The fourth-order valence-electron chi connectivity index (χ4n) is 2.79. The van der Waals surface area contributed by atoms with Crippen LogP contribution in [0.1, 0.15) is 0 Å². The molecular weight excluding hydrogens is 268 g/mol. The van der Waals surface area contributed by atoms with E-state index in [4.69, 9.17) is 4.74 Å². The molecule has 4 amide bonds. The lowest BCUT2D eigenvalue weighted by Crippen LogP contribution is -2.63. The van der Waals surface area contributed by atoms with Crippen molar-refractivity contribution in [3.8, 4) is 0 Å². The van der Waals surface area contributed by atoms with Crippen molar-refractivity contribution >= 4 is 17.8 Å². The molecule has 0 spiro atoms. The first-order valence-corrected chi connectivity index (χ1v) is 6.53. The average Bonchev–Trinajstić information content (AvgIpc) is 2.72. The largest absolute Gasteiger partial charge is 0.378 e. The maximum atomic E-state index is 12.5. The van der Waals surface area contributed by atoms with Gasteiger partial charge in [-0.1, -0.05) is 0 Å². The first-order chi connectivity index (χ1) is 9.61. The SMILES string of the molecule is O=C(C1CNCC2C(=O)N(O)C(=O)N12)N1CCOCC1. The molecule has 0 radical (unpaired) electrons. The van der Waals surface area contributed by atoms with Crippen LogP contribution in [0.25, 0.3) is 0 Å². The fraction of sp³-hybridized carbons (Fsp3) is 0.727. The number of nitrogens with zero attached hydrogens (tertiary/aromatic N) is 3. The number of hydroxylamine groups is 2. The molecule has 0 aromatic carbocycles. The van der Waals surface area contributed by atoms with Crippen molar-refractivity contribution in [2.45, 2.75) is 12.1 Å². The van der Waals surface area contributed by atoms with Gasteiger partial charge in [0.25, 0.3) is 5.91 Å². The standard InChI is InChI=1S/C11H16N4O5/c16-9(13-1-3-20-4-2-13)7-5-12-6-8-10(17)15(19)11(18)14(7)8/h7-8,12,19H,1-6H2. The van der Waals surface area contributed by atoms with E-state index in [9.17, 15) is 19.6 Å². The number of hydrogen-bond acceptors (Lipinski definition) is 6. The van der Waals surface area contributed by atoms with Crippen molar-refractivity contribution in [1.82, 2.24) is 20.2 Å². The zero-order valence-electron chi connectivity index (χ0n) is 10.8. The van der Waals surface area contributed by atoms with Gasteiger partial charge >= 0.3 is 6.03 Å². The number of nitrogens with one attached hydrogen (secondary N) is 1. The van der Waals surface area contributed by atoms with Crippen LogP contribution in [0, 0.1) is 0 Å². The van der Waals surface area contributed by atoms with Crippen LogP contribution in [-0.4, -0.2) is 89.4 Å².